The molecule has 2 rings (SSSR count). The molecule has 1 aromatic heterocycles. The maximum atomic E-state index is 12.0. The van der Waals surface area contributed by atoms with Crippen LogP contribution in [0.15, 0.2) is 47.1 Å². The van der Waals surface area contributed by atoms with Crippen LogP contribution in [-0.4, -0.2) is 24.5 Å². The highest BCUT2D eigenvalue weighted by atomic mass is 79.9. The van der Waals surface area contributed by atoms with Crippen molar-refractivity contribution in [3.63, 3.8) is 0 Å². The third kappa shape index (κ3) is 5.12. The van der Waals surface area contributed by atoms with Gasteiger partial charge in [-0.05, 0) is 24.3 Å². The predicted molar refractivity (Wildman–Crippen MR) is 87.5 cm³/mol. The van der Waals surface area contributed by atoms with Crippen molar-refractivity contribution in [3.05, 3.63) is 57.8 Å². The van der Waals surface area contributed by atoms with Crippen LogP contribution in [-0.2, 0) is 11.3 Å². The van der Waals surface area contributed by atoms with Crippen molar-refractivity contribution in [2.45, 2.75) is 6.54 Å². The van der Waals surface area contributed by atoms with E-state index < -0.39 is 0 Å². The molecule has 21 heavy (non-hydrogen) atoms. The first-order valence-corrected chi connectivity index (χ1v) is 7.68. The van der Waals surface area contributed by atoms with Gasteiger partial charge in [0.25, 0.3) is 5.91 Å². The minimum atomic E-state index is -0.0838. The van der Waals surface area contributed by atoms with Crippen LogP contribution in [0.2, 0.25) is 5.15 Å². The molecule has 4 nitrogen and oxygen atoms in total. The zero-order valence-corrected chi connectivity index (χ0v) is 13.9. The van der Waals surface area contributed by atoms with Gasteiger partial charge in [0.2, 0.25) is 0 Å². The lowest BCUT2D eigenvalue weighted by atomic mass is 10.2. The quantitative estimate of drug-likeness (QED) is 0.793. The summed E-state index contributed by atoms with van der Waals surface area (Å²) in [6, 6.07) is 11.6. The minimum Gasteiger partial charge on any atom is -0.326 e. The third-order valence-corrected chi connectivity index (χ3v) is 3.74. The molecule has 6 heteroatoms. The fourth-order valence-electron chi connectivity index (χ4n) is 1.96. The number of nitrogens with zero attached hydrogens (tertiary/aromatic N) is 1. The number of hydrogen-bond donors (Lipinski definition) is 2. The number of carbonyl (C=O) groups excluding carboxylic acids is 1. The molecule has 110 valence electrons. The van der Waals surface area contributed by atoms with Crippen LogP contribution >= 0.6 is 27.5 Å². The number of aromatic nitrogens is 1. The van der Waals surface area contributed by atoms with Gasteiger partial charge in [-0.1, -0.05) is 39.7 Å². The molecule has 0 bridgehead atoms. The monoisotopic (exact) mass is 368 g/mol. The fraction of sp³-hybridized carbons (Fsp3) is 0.200. The molecule has 0 fully saturated rings. The Kier molecular flexibility index (Phi) is 5.73. The molecule has 0 saturated heterocycles. The van der Waals surface area contributed by atoms with E-state index in [9.17, 15) is 4.79 Å². The van der Waals surface area contributed by atoms with Crippen LogP contribution in [0.25, 0.3) is 0 Å². The lowest BCUT2D eigenvalue weighted by Gasteiger charge is -2.14. The highest BCUT2D eigenvalue weighted by Gasteiger charge is 2.12. The normalized spacial score (nSPS) is 12.0. The molecule has 1 aromatic carbocycles. The van der Waals surface area contributed by atoms with E-state index in [1.165, 1.54) is 5.56 Å². The molecule has 1 unspecified atom stereocenters. The Hall–Kier alpha value is -1.43. The van der Waals surface area contributed by atoms with E-state index in [0.717, 1.165) is 15.9 Å². The Balaban J connectivity index is 1.87. The Labute approximate surface area is 137 Å². The third-order valence-electron chi connectivity index (χ3n) is 2.91. The van der Waals surface area contributed by atoms with Crippen molar-refractivity contribution >= 4 is 39.1 Å². The Bertz CT molecular complexity index is 619. The average Bonchev–Trinajstić information content (AvgIpc) is 2.44. The van der Waals surface area contributed by atoms with Gasteiger partial charge in [-0.25, -0.2) is 4.98 Å². The molecule has 0 spiro atoms. The van der Waals surface area contributed by atoms with Gasteiger partial charge < -0.3 is 10.2 Å². The minimum absolute atomic E-state index is 0.0838. The molecular formula is C15H16BrClN3O+. The van der Waals surface area contributed by atoms with Crippen molar-refractivity contribution in [3.8, 4) is 0 Å². The number of quaternary nitrogens is 1. The second kappa shape index (κ2) is 7.54. The van der Waals surface area contributed by atoms with E-state index in [2.05, 4.69) is 26.2 Å². The van der Waals surface area contributed by atoms with Gasteiger partial charge in [0.15, 0.2) is 11.7 Å². The van der Waals surface area contributed by atoms with Crippen LogP contribution in [0.3, 0.4) is 0 Å². The molecule has 0 aliphatic rings. The van der Waals surface area contributed by atoms with Crippen molar-refractivity contribution < 1.29 is 9.69 Å². The van der Waals surface area contributed by atoms with Crippen LogP contribution in [0.1, 0.15) is 5.56 Å². The highest BCUT2D eigenvalue weighted by Crippen LogP contribution is 2.16. The molecule has 0 aliphatic carbocycles. The van der Waals surface area contributed by atoms with Gasteiger partial charge in [-0.3, -0.25) is 4.79 Å². The Morgan fingerprint density at radius 3 is 2.71 bits per heavy atom. The number of hydrogen-bond acceptors (Lipinski definition) is 2. The Morgan fingerprint density at radius 2 is 2.05 bits per heavy atom. The number of pyridine rings is 1. The number of amides is 1. The summed E-state index contributed by atoms with van der Waals surface area (Å²) in [4.78, 5) is 17.0. The largest absolute Gasteiger partial charge is 0.326 e. The van der Waals surface area contributed by atoms with Crippen LogP contribution in [0, 0.1) is 0 Å². The second-order valence-electron chi connectivity index (χ2n) is 4.83. The SMILES string of the molecule is C[NH+](CC(=O)Nc1cccnc1Cl)Cc1ccc(Br)cc1. The van der Waals surface area contributed by atoms with E-state index in [1.807, 2.05) is 31.3 Å². The molecule has 1 heterocycles. The number of likely N-dealkylation sites (N-methyl/N-ethyl adjacent to an activating group) is 1. The average molecular weight is 370 g/mol. The van der Waals surface area contributed by atoms with Crippen molar-refractivity contribution in [1.82, 2.24) is 4.98 Å². The number of halogens is 2. The predicted octanol–water partition coefficient (Wildman–Crippen LogP) is 2.15. The molecular weight excluding hydrogens is 354 g/mol. The van der Waals surface area contributed by atoms with Crippen molar-refractivity contribution in [2.24, 2.45) is 0 Å². The van der Waals surface area contributed by atoms with Gasteiger partial charge >= 0.3 is 0 Å². The highest BCUT2D eigenvalue weighted by molar-refractivity contribution is 9.10. The lowest BCUT2D eigenvalue weighted by molar-refractivity contribution is -0.885. The van der Waals surface area contributed by atoms with Gasteiger partial charge in [-0.2, -0.15) is 0 Å². The van der Waals surface area contributed by atoms with Crippen molar-refractivity contribution in [1.29, 1.82) is 0 Å². The van der Waals surface area contributed by atoms with Gasteiger partial charge in [0, 0.05) is 16.2 Å². The molecule has 2 aromatic rings. The number of anilines is 1. The summed E-state index contributed by atoms with van der Waals surface area (Å²) in [6.45, 7) is 1.14. The molecule has 1 atom stereocenters. The smallest absolute Gasteiger partial charge is 0.279 e. The summed E-state index contributed by atoms with van der Waals surface area (Å²) in [5.74, 6) is -0.0838. The Morgan fingerprint density at radius 1 is 1.33 bits per heavy atom. The molecule has 2 N–H and O–H groups in total. The summed E-state index contributed by atoms with van der Waals surface area (Å²) >= 11 is 9.32. The standard InChI is InChI=1S/C15H15BrClN3O/c1-20(9-11-4-6-12(16)7-5-11)10-14(21)19-13-3-2-8-18-15(13)17/h2-8H,9-10H2,1H3,(H,19,21)/p+1. The van der Waals surface area contributed by atoms with Crippen molar-refractivity contribution in [2.75, 3.05) is 18.9 Å². The summed E-state index contributed by atoms with van der Waals surface area (Å²) in [6.07, 6.45) is 1.59. The van der Waals surface area contributed by atoms with E-state index in [4.69, 9.17) is 11.6 Å². The molecule has 0 aliphatic heterocycles. The zero-order valence-electron chi connectivity index (χ0n) is 11.6. The van der Waals surface area contributed by atoms with Gasteiger partial charge in [0.1, 0.15) is 6.54 Å². The summed E-state index contributed by atoms with van der Waals surface area (Å²) in [5, 5.41) is 3.08. The number of carbonyl (C=O) groups is 1. The van der Waals surface area contributed by atoms with E-state index >= 15 is 0 Å². The van der Waals surface area contributed by atoms with Gasteiger partial charge in [0.05, 0.1) is 12.7 Å². The van der Waals surface area contributed by atoms with Gasteiger partial charge in [-0.15, -0.1) is 0 Å². The summed E-state index contributed by atoms with van der Waals surface area (Å²) in [5.41, 5.74) is 1.73. The van der Waals surface area contributed by atoms with E-state index in [0.29, 0.717) is 17.4 Å². The topological polar surface area (TPSA) is 46.4 Å². The molecule has 1 amide bonds. The maximum absolute atomic E-state index is 12.0. The van der Waals surface area contributed by atoms with Crippen LogP contribution in [0.4, 0.5) is 5.69 Å². The van der Waals surface area contributed by atoms with E-state index in [-0.39, 0.29) is 5.91 Å². The number of benzene rings is 1. The first-order chi connectivity index (χ1) is 10.0. The second-order valence-corrected chi connectivity index (χ2v) is 6.10. The van der Waals surface area contributed by atoms with Crippen LogP contribution in [0.5, 0.6) is 0 Å². The number of nitrogens with one attached hydrogen (secondary N) is 2. The fourth-order valence-corrected chi connectivity index (χ4v) is 2.39. The lowest BCUT2D eigenvalue weighted by Crippen LogP contribution is -3.08. The first kappa shape index (κ1) is 15.9. The maximum Gasteiger partial charge on any atom is 0.279 e. The molecule has 0 radical (unpaired) electrons. The molecule has 0 saturated carbocycles. The number of rotatable bonds is 5. The summed E-state index contributed by atoms with van der Waals surface area (Å²) in [7, 11) is 1.98. The first-order valence-electron chi connectivity index (χ1n) is 6.50. The summed E-state index contributed by atoms with van der Waals surface area (Å²) < 4.78 is 1.05. The zero-order chi connectivity index (χ0) is 15.2. The van der Waals surface area contributed by atoms with Crippen LogP contribution < -0.4 is 10.2 Å². The van der Waals surface area contributed by atoms with E-state index in [1.54, 1.807) is 18.3 Å².